The minimum Gasteiger partial charge on any atom is -0.341 e. The van der Waals surface area contributed by atoms with Gasteiger partial charge in [0, 0.05) is 24.9 Å². The van der Waals surface area contributed by atoms with Crippen molar-refractivity contribution in [1.29, 1.82) is 0 Å². The summed E-state index contributed by atoms with van der Waals surface area (Å²) in [4.78, 5) is 2.44. The molecule has 21 heavy (non-hydrogen) atoms. The number of anilines is 1. The molecule has 0 N–H and O–H groups in total. The highest BCUT2D eigenvalue weighted by molar-refractivity contribution is 7.99. The molecule has 0 bridgehead atoms. The van der Waals surface area contributed by atoms with Crippen LogP contribution in [0, 0.1) is 5.92 Å². The van der Waals surface area contributed by atoms with Crippen LogP contribution in [0.3, 0.4) is 0 Å². The van der Waals surface area contributed by atoms with Crippen LogP contribution in [0.4, 0.5) is 5.95 Å². The number of hydrogen-bond acceptors (Lipinski definition) is 4. The van der Waals surface area contributed by atoms with Crippen LogP contribution in [0.5, 0.6) is 0 Å². The molecule has 0 unspecified atom stereocenters. The van der Waals surface area contributed by atoms with Crippen molar-refractivity contribution >= 4 is 17.7 Å². The smallest absolute Gasteiger partial charge is 0.228 e. The second-order valence-corrected chi connectivity index (χ2v) is 7.88. The lowest BCUT2D eigenvalue weighted by Crippen LogP contribution is -2.22. The summed E-state index contributed by atoms with van der Waals surface area (Å²) in [5, 5.41) is 10.3. The Morgan fingerprint density at radius 3 is 2.38 bits per heavy atom. The topological polar surface area (TPSA) is 34.0 Å². The van der Waals surface area contributed by atoms with E-state index >= 15 is 0 Å². The minimum atomic E-state index is 0.685. The summed E-state index contributed by atoms with van der Waals surface area (Å²) in [5.41, 5.74) is 0. The first-order valence-electron chi connectivity index (χ1n) is 8.74. The normalized spacial score (nSPS) is 23.9. The summed E-state index contributed by atoms with van der Waals surface area (Å²) in [6, 6.07) is 0.685. The Labute approximate surface area is 131 Å². The first-order chi connectivity index (χ1) is 10.4. The molecule has 5 heteroatoms. The van der Waals surface area contributed by atoms with E-state index in [0.717, 1.165) is 25.0 Å². The third kappa shape index (κ3) is 3.08. The van der Waals surface area contributed by atoms with Crippen molar-refractivity contribution in [2.75, 3.05) is 23.7 Å². The predicted molar refractivity (Wildman–Crippen MR) is 87.0 cm³/mol. The molecule has 1 aromatic heterocycles. The van der Waals surface area contributed by atoms with Crippen molar-refractivity contribution in [3.8, 4) is 0 Å². The molecule has 0 aromatic carbocycles. The van der Waals surface area contributed by atoms with Crippen molar-refractivity contribution < 1.29 is 0 Å². The summed E-state index contributed by atoms with van der Waals surface area (Å²) >= 11 is 1.96. The second-order valence-electron chi connectivity index (χ2n) is 6.89. The number of thioether (sulfide) groups is 1. The van der Waals surface area contributed by atoms with Crippen LogP contribution in [-0.4, -0.2) is 33.6 Å². The van der Waals surface area contributed by atoms with Gasteiger partial charge in [0.25, 0.3) is 0 Å². The maximum absolute atomic E-state index is 4.54. The highest BCUT2D eigenvalue weighted by atomic mass is 32.2. The Morgan fingerprint density at radius 1 is 0.905 bits per heavy atom. The molecule has 2 aliphatic carbocycles. The molecule has 1 aliphatic heterocycles. The van der Waals surface area contributed by atoms with Crippen LogP contribution in [0.1, 0.15) is 63.8 Å². The van der Waals surface area contributed by atoms with E-state index in [1.807, 2.05) is 11.8 Å². The summed E-state index contributed by atoms with van der Waals surface area (Å²) in [5.74, 6) is 3.30. The molecule has 3 aliphatic rings. The van der Waals surface area contributed by atoms with E-state index in [0.29, 0.717) is 6.04 Å². The van der Waals surface area contributed by atoms with Crippen LogP contribution in [0.15, 0.2) is 5.16 Å². The van der Waals surface area contributed by atoms with Gasteiger partial charge in [0.15, 0.2) is 5.16 Å². The summed E-state index contributed by atoms with van der Waals surface area (Å²) in [6.45, 7) is 2.33. The Hall–Kier alpha value is -0.710. The zero-order valence-corrected chi connectivity index (χ0v) is 13.7. The average molecular weight is 306 g/mol. The van der Waals surface area contributed by atoms with Crippen LogP contribution >= 0.6 is 11.8 Å². The fraction of sp³-hybridized carbons (Fsp3) is 0.875. The Morgan fingerprint density at radius 2 is 1.67 bits per heavy atom. The van der Waals surface area contributed by atoms with Gasteiger partial charge >= 0.3 is 0 Å². The van der Waals surface area contributed by atoms with Gasteiger partial charge in [-0.15, -0.1) is 10.2 Å². The van der Waals surface area contributed by atoms with Gasteiger partial charge in [-0.2, -0.15) is 0 Å². The fourth-order valence-corrected chi connectivity index (χ4v) is 4.89. The molecule has 0 radical (unpaired) electrons. The van der Waals surface area contributed by atoms with Crippen LogP contribution in [-0.2, 0) is 0 Å². The lowest BCUT2D eigenvalue weighted by atomic mass is 9.91. The van der Waals surface area contributed by atoms with Crippen LogP contribution in [0.25, 0.3) is 0 Å². The average Bonchev–Trinajstić information content (AvgIpc) is 3.05. The lowest BCUT2D eigenvalue weighted by molar-refractivity contribution is 0.390. The van der Waals surface area contributed by atoms with E-state index in [2.05, 4.69) is 19.7 Å². The maximum Gasteiger partial charge on any atom is 0.228 e. The van der Waals surface area contributed by atoms with Crippen molar-refractivity contribution in [2.45, 2.75) is 69.0 Å². The van der Waals surface area contributed by atoms with E-state index in [1.54, 1.807) is 0 Å². The van der Waals surface area contributed by atoms with Crippen LogP contribution < -0.4 is 4.90 Å². The predicted octanol–water partition coefficient (Wildman–Crippen LogP) is 3.89. The second kappa shape index (κ2) is 6.19. The maximum atomic E-state index is 4.54. The first kappa shape index (κ1) is 13.9. The van der Waals surface area contributed by atoms with Gasteiger partial charge in [-0.05, 0) is 44.4 Å². The third-order valence-electron chi connectivity index (χ3n) is 5.12. The van der Waals surface area contributed by atoms with Crippen molar-refractivity contribution in [3.05, 3.63) is 0 Å². The first-order valence-corrected chi connectivity index (χ1v) is 9.73. The molecule has 116 valence electrons. The molecular formula is C16H26N4S. The minimum absolute atomic E-state index is 0.685. The van der Waals surface area contributed by atoms with Gasteiger partial charge in [0.2, 0.25) is 5.95 Å². The molecule has 0 amide bonds. The largest absolute Gasteiger partial charge is 0.341 e. The Kier molecular flexibility index (Phi) is 4.10. The highest BCUT2D eigenvalue weighted by Gasteiger charge is 2.32. The van der Waals surface area contributed by atoms with Crippen molar-refractivity contribution in [3.63, 3.8) is 0 Å². The fourth-order valence-electron chi connectivity index (χ4n) is 3.70. The van der Waals surface area contributed by atoms with Crippen LogP contribution in [0.2, 0.25) is 0 Å². The molecule has 1 saturated heterocycles. The molecule has 1 aromatic rings. The number of aromatic nitrogens is 3. The number of hydrogen-bond donors (Lipinski definition) is 0. The van der Waals surface area contributed by atoms with Gasteiger partial charge in [-0.3, -0.25) is 4.57 Å². The van der Waals surface area contributed by atoms with Gasteiger partial charge in [-0.1, -0.05) is 31.0 Å². The molecular weight excluding hydrogens is 280 g/mol. The van der Waals surface area contributed by atoms with E-state index in [9.17, 15) is 0 Å². The highest BCUT2D eigenvalue weighted by Crippen LogP contribution is 2.42. The zero-order valence-electron chi connectivity index (χ0n) is 12.8. The van der Waals surface area contributed by atoms with Gasteiger partial charge in [0.1, 0.15) is 0 Å². The standard InChI is InChI=1S/C16H26N4S/c1-2-6-13(7-3-1)12-21-16-18-17-15(19-10-4-5-11-19)20(16)14-8-9-14/h13-14H,1-12H2. The Balaban J connectivity index is 1.46. The zero-order chi connectivity index (χ0) is 14.1. The SMILES string of the molecule is C1CCC(CSc2nnc(N3CCCC3)n2C2CC2)CC1. The lowest BCUT2D eigenvalue weighted by Gasteiger charge is -2.21. The van der Waals surface area contributed by atoms with E-state index < -0.39 is 0 Å². The molecule has 0 atom stereocenters. The molecule has 2 saturated carbocycles. The Bertz CT molecular complexity index is 471. The number of rotatable bonds is 5. The molecule has 4 nitrogen and oxygen atoms in total. The van der Waals surface area contributed by atoms with Gasteiger partial charge in [0.05, 0.1) is 0 Å². The molecule has 0 spiro atoms. The van der Waals surface area contributed by atoms with E-state index in [1.165, 1.54) is 68.7 Å². The molecule has 2 heterocycles. The monoisotopic (exact) mass is 306 g/mol. The summed E-state index contributed by atoms with van der Waals surface area (Å²) in [6.07, 6.45) is 12.4. The molecule has 4 rings (SSSR count). The van der Waals surface area contributed by atoms with E-state index in [-0.39, 0.29) is 0 Å². The van der Waals surface area contributed by atoms with Gasteiger partial charge < -0.3 is 4.90 Å². The molecule has 3 fully saturated rings. The quantitative estimate of drug-likeness (QED) is 0.773. The summed E-state index contributed by atoms with van der Waals surface area (Å²) < 4.78 is 2.46. The number of nitrogens with zero attached hydrogens (tertiary/aromatic N) is 4. The third-order valence-corrected chi connectivity index (χ3v) is 6.29. The van der Waals surface area contributed by atoms with Crippen molar-refractivity contribution in [1.82, 2.24) is 14.8 Å². The summed E-state index contributed by atoms with van der Waals surface area (Å²) in [7, 11) is 0. The van der Waals surface area contributed by atoms with Gasteiger partial charge in [-0.25, -0.2) is 0 Å². The van der Waals surface area contributed by atoms with Crippen molar-refractivity contribution in [2.24, 2.45) is 5.92 Å². The van der Waals surface area contributed by atoms with E-state index in [4.69, 9.17) is 0 Å².